The number of hydrogen-bond donors (Lipinski definition) is 2. The van der Waals surface area contributed by atoms with E-state index in [1.54, 1.807) is 0 Å². The Kier molecular flexibility index (Phi) is 5.24. The molecule has 3 nitrogen and oxygen atoms in total. The number of halogens is 3. The van der Waals surface area contributed by atoms with Crippen LogP contribution in [-0.4, -0.2) is 30.3 Å². The summed E-state index contributed by atoms with van der Waals surface area (Å²) in [5, 5.41) is 11.4. The zero-order valence-electron chi connectivity index (χ0n) is 11.4. The number of carboxylic acid groups (broad SMARTS) is 1. The summed E-state index contributed by atoms with van der Waals surface area (Å²) in [6.07, 6.45) is -1.95. The van der Waals surface area contributed by atoms with E-state index < -0.39 is 24.1 Å². The summed E-state index contributed by atoms with van der Waals surface area (Å²) in [5.74, 6) is -0.221. The lowest BCUT2D eigenvalue weighted by atomic mass is 9.64. The van der Waals surface area contributed by atoms with Gasteiger partial charge in [-0.2, -0.15) is 13.2 Å². The van der Waals surface area contributed by atoms with Crippen molar-refractivity contribution < 1.29 is 23.1 Å². The smallest absolute Gasteiger partial charge is 0.401 e. The van der Waals surface area contributed by atoms with E-state index in [-0.39, 0.29) is 13.0 Å². The SMILES string of the molecule is CC1CC(C)CC(CNCC(F)(F)F)(CC(=O)O)C1. The maximum absolute atomic E-state index is 12.2. The zero-order valence-corrected chi connectivity index (χ0v) is 11.4. The first kappa shape index (κ1) is 16.3. The molecule has 1 aliphatic carbocycles. The van der Waals surface area contributed by atoms with Crippen LogP contribution < -0.4 is 5.32 Å². The quantitative estimate of drug-likeness (QED) is 0.814. The molecule has 6 heteroatoms. The highest BCUT2D eigenvalue weighted by molar-refractivity contribution is 5.67. The minimum Gasteiger partial charge on any atom is -0.481 e. The van der Waals surface area contributed by atoms with Crippen molar-refractivity contribution >= 4 is 5.97 Å². The van der Waals surface area contributed by atoms with Gasteiger partial charge in [0.15, 0.2) is 0 Å². The predicted octanol–water partition coefficient (Wildman–Crippen LogP) is 3.06. The van der Waals surface area contributed by atoms with Crippen molar-refractivity contribution in [3.63, 3.8) is 0 Å². The summed E-state index contributed by atoms with van der Waals surface area (Å²) < 4.78 is 36.5. The summed E-state index contributed by atoms with van der Waals surface area (Å²) in [6, 6.07) is 0. The first-order chi connectivity index (χ1) is 8.62. The third kappa shape index (κ3) is 5.80. The molecule has 0 spiro atoms. The highest BCUT2D eigenvalue weighted by atomic mass is 19.4. The lowest BCUT2D eigenvalue weighted by Gasteiger charge is -2.42. The fourth-order valence-corrected chi connectivity index (χ4v) is 3.56. The summed E-state index contributed by atoms with van der Waals surface area (Å²) in [4.78, 5) is 11.0. The molecule has 1 aliphatic rings. The Morgan fingerprint density at radius 3 is 2.26 bits per heavy atom. The minimum atomic E-state index is -4.25. The first-order valence-corrected chi connectivity index (χ1v) is 6.61. The Hall–Kier alpha value is -0.780. The second-order valence-corrected chi connectivity index (χ2v) is 6.14. The van der Waals surface area contributed by atoms with Gasteiger partial charge in [-0.25, -0.2) is 0 Å². The van der Waals surface area contributed by atoms with E-state index in [2.05, 4.69) is 5.32 Å². The van der Waals surface area contributed by atoms with Crippen molar-refractivity contribution in [1.82, 2.24) is 5.32 Å². The van der Waals surface area contributed by atoms with Gasteiger partial charge in [0.05, 0.1) is 13.0 Å². The van der Waals surface area contributed by atoms with Gasteiger partial charge < -0.3 is 10.4 Å². The molecule has 1 fully saturated rings. The number of hydrogen-bond acceptors (Lipinski definition) is 2. The molecular formula is C13H22F3NO2. The van der Waals surface area contributed by atoms with Gasteiger partial charge in [-0.05, 0) is 36.5 Å². The van der Waals surface area contributed by atoms with E-state index in [1.165, 1.54) is 0 Å². The topological polar surface area (TPSA) is 49.3 Å². The van der Waals surface area contributed by atoms with Crippen LogP contribution in [0.15, 0.2) is 0 Å². The molecule has 2 N–H and O–H groups in total. The lowest BCUT2D eigenvalue weighted by molar-refractivity contribution is -0.141. The fraction of sp³-hybridized carbons (Fsp3) is 0.923. The van der Waals surface area contributed by atoms with Crippen molar-refractivity contribution in [3.8, 4) is 0 Å². The van der Waals surface area contributed by atoms with Gasteiger partial charge in [0.25, 0.3) is 0 Å². The van der Waals surface area contributed by atoms with Gasteiger partial charge in [-0.3, -0.25) is 4.79 Å². The largest absolute Gasteiger partial charge is 0.481 e. The third-order valence-corrected chi connectivity index (χ3v) is 3.72. The standard InChI is InChI=1S/C13H22F3NO2/c1-9-3-10(2)5-12(4-9,6-11(18)19)7-17-8-13(14,15)16/h9-10,17H,3-8H2,1-2H3,(H,18,19). The minimum absolute atomic E-state index is 0.0630. The van der Waals surface area contributed by atoms with Gasteiger partial charge in [0.2, 0.25) is 0 Å². The monoisotopic (exact) mass is 281 g/mol. The molecule has 1 rings (SSSR count). The normalized spacial score (nSPS) is 32.3. The van der Waals surface area contributed by atoms with Gasteiger partial charge in [-0.15, -0.1) is 0 Å². The number of carboxylic acids is 1. The van der Waals surface area contributed by atoms with Gasteiger partial charge in [-0.1, -0.05) is 13.8 Å². The molecule has 2 unspecified atom stereocenters. The van der Waals surface area contributed by atoms with E-state index in [1.807, 2.05) is 13.8 Å². The molecule has 1 saturated carbocycles. The van der Waals surface area contributed by atoms with Crippen LogP contribution >= 0.6 is 0 Å². The molecule has 0 aliphatic heterocycles. The number of nitrogens with one attached hydrogen (secondary N) is 1. The van der Waals surface area contributed by atoms with Crippen molar-refractivity contribution in [2.75, 3.05) is 13.1 Å². The number of alkyl halides is 3. The zero-order chi connectivity index (χ0) is 14.7. The Morgan fingerprint density at radius 2 is 1.84 bits per heavy atom. The Morgan fingerprint density at radius 1 is 1.32 bits per heavy atom. The van der Waals surface area contributed by atoms with Crippen LogP contribution in [0.25, 0.3) is 0 Å². The van der Waals surface area contributed by atoms with Crippen molar-refractivity contribution in [1.29, 1.82) is 0 Å². The van der Waals surface area contributed by atoms with Crippen LogP contribution in [0.4, 0.5) is 13.2 Å². The summed E-state index contributed by atoms with van der Waals surface area (Å²) in [6.45, 7) is 3.14. The molecule has 0 aromatic rings. The predicted molar refractivity (Wildman–Crippen MR) is 65.8 cm³/mol. The molecule has 0 bridgehead atoms. The van der Waals surface area contributed by atoms with Crippen molar-refractivity contribution in [3.05, 3.63) is 0 Å². The fourth-order valence-electron chi connectivity index (χ4n) is 3.56. The molecule has 0 aromatic heterocycles. The second-order valence-electron chi connectivity index (χ2n) is 6.14. The van der Waals surface area contributed by atoms with Crippen LogP contribution in [0.1, 0.15) is 39.5 Å². The third-order valence-electron chi connectivity index (χ3n) is 3.72. The molecular weight excluding hydrogens is 259 g/mol. The second kappa shape index (κ2) is 6.11. The highest BCUT2D eigenvalue weighted by Crippen LogP contribution is 2.44. The van der Waals surface area contributed by atoms with Crippen LogP contribution in [0.5, 0.6) is 0 Å². The summed E-state index contributed by atoms with van der Waals surface area (Å²) >= 11 is 0. The Labute approximate surface area is 111 Å². The van der Waals surface area contributed by atoms with E-state index >= 15 is 0 Å². The van der Waals surface area contributed by atoms with Gasteiger partial charge in [0, 0.05) is 6.54 Å². The maximum Gasteiger partial charge on any atom is 0.401 e. The number of carbonyl (C=O) groups is 1. The molecule has 19 heavy (non-hydrogen) atoms. The molecule has 2 atom stereocenters. The number of rotatable bonds is 5. The van der Waals surface area contributed by atoms with Crippen LogP contribution in [0, 0.1) is 17.3 Å². The van der Waals surface area contributed by atoms with Crippen molar-refractivity contribution in [2.45, 2.75) is 45.7 Å². The van der Waals surface area contributed by atoms with E-state index in [9.17, 15) is 18.0 Å². The van der Waals surface area contributed by atoms with Crippen LogP contribution in [-0.2, 0) is 4.79 Å². The van der Waals surface area contributed by atoms with E-state index in [4.69, 9.17) is 5.11 Å². The summed E-state index contributed by atoms with van der Waals surface area (Å²) in [5.41, 5.74) is -0.547. The molecule has 0 heterocycles. The van der Waals surface area contributed by atoms with Crippen LogP contribution in [0.2, 0.25) is 0 Å². The first-order valence-electron chi connectivity index (χ1n) is 6.61. The highest BCUT2D eigenvalue weighted by Gasteiger charge is 2.40. The molecule has 112 valence electrons. The van der Waals surface area contributed by atoms with E-state index in [0.717, 1.165) is 6.42 Å². The lowest BCUT2D eigenvalue weighted by Crippen LogP contribution is -2.44. The summed E-state index contributed by atoms with van der Waals surface area (Å²) in [7, 11) is 0. The molecule has 0 saturated heterocycles. The van der Waals surface area contributed by atoms with Gasteiger partial charge >= 0.3 is 12.1 Å². The van der Waals surface area contributed by atoms with Gasteiger partial charge in [0.1, 0.15) is 0 Å². The average molecular weight is 281 g/mol. The molecule has 0 radical (unpaired) electrons. The number of aliphatic carboxylic acids is 1. The Balaban J connectivity index is 2.67. The van der Waals surface area contributed by atoms with E-state index in [0.29, 0.717) is 24.7 Å². The maximum atomic E-state index is 12.2. The Bertz CT molecular complexity index is 308. The molecule has 0 aromatic carbocycles. The average Bonchev–Trinajstić information content (AvgIpc) is 2.10. The van der Waals surface area contributed by atoms with Crippen molar-refractivity contribution in [2.24, 2.45) is 17.3 Å². The molecule has 0 amide bonds. The van der Waals surface area contributed by atoms with Crippen LogP contribution in [0.3, 0.4) is 0 Å².